The summed E-state index contributed by atoms with van der Waals surface area (Å²) < 4.78 is 0. The van der Waals surface area contributed by atoms with Gasteiger partial charge < -0.3 is 4.98 Å². The van der Waals surface area contributed by atoms with Gasteiger partial charge in [-0.2, -0.15) is 0 Å². The molecule has 3 heterocycles. The number of hydrogen-bond donors (Lipinski definition) is 1. The summed E-state index contributed by atoms with van der Waals surface area (Å²) in [5.41, 5.74) is 4.93. The molecule has 0 unspecified atom stereocenters. The van der Waals surface area contributed by atoms with Gasteiger partial charge in [-0.05, 0) is 49.4 Å². The van der Waals surface area contributed by atoms with Crippen molar-refractivity contribution in [2.75, 3.05) is 0 Å². The second kappa shape index (κ2) is 5.50. The molecule has 0 aromatic carbocycles. The third-order valence-corrected chi connectivity index (χ3v) is 4.92. The van der Waals surface area contributed by atoms with Crippen LogP contribution in [0.3, 0.4) is 0 Å². The number of nitrogens with one attached hydrogen (secondary N) is 1. The van der Waals surface area contributed by atoms with Gasteiger partial charge in [-0.3, -0.25) is 9.78 Å². The Balaban J connectivity index is 1.77. The van der Waals surface area contributed by atoms with Crippen LogP contribution in [0.1, 0.15) is 24.1 Å². The van der Waals surface area contributed by atoms with Crippen molar-refractivity contribution in [3.8, 4) is 21.8 Å². The molecule has 0 saturated heterocycles. The number of rotatable bonds is 2. The molecule has 0 amide bonds. The van der Waals surface area contributed by atoms with Gasteiger partial charge in [0.25, 0.3) is 5.56 Å². The van der Waals surface area contributed by atoms with E-state index in [0.717, 1.165) is 41.2 Å². The molecule has 4 nitrogen and oxygen atoms in total. The van der Waals surface area contributed by atoms with Crippen molar-refractivity contribution in [2.24, 2.45) is 0 Å². The van der Waals surface area contributed by atoms with Gasteiger partial charge in [-0.25, -0.2) is 4.98 Å². The average molecular weight is 309 g/mol. The Morgan fingerprint density at radius 1 is 1.14 bits per heavy atom. The summed E-state index contributed by atoms with van der Waals surface area (Å²) in [5.74, 6) is 0. The Kier molecular flexibility index (Phi) is 3.35. The number of pyridine rings is 2. The van der Waals surface area contributed by atoms with Gasteiger partial charge in [0.1, 0.15) is 5.01 Å². The molecule has 1 aliphatic carbocycles. The second-order valence-corrected chi connectivity index (χ2v) is 6.35. The summed E-state index contributed by atoms with van der Waals surface area (Å²) in [6, 6.07) is 5.88. The monoisotopic (exact) mass is 309 g/mol. The lowest BCUT2D eigenvalue weighted by Crippen LogP contribution is -2.16. The number of aryl methyl sites for hydroxylation is 2. The zero-order chi connectivity index (χ0) is 14.9. The first-order valence-corrected chi connectivity index (χ1v) is 8.30. The van der Waals surface area contributed by atoms with Gasteiger partial charge >= 0.3 is 0 Å². The molecule has 0 atom stereocenters. The number of fused-ring (bicyclic) bond motifs is 1. The molecule has 4 rings (SSSR count). The molecule has 110 valence electrons. The van der Waals surface area contributed by atoms with Gasteiger partial charge in [-0.1, -0.05) is 0 Å². The van der Waals surface area contributed by atoms with Gasteiger partial charge in [0.2, 0.25) is 0 Å². The minimum absolute atomic E-state index is 0.0312. The smallest absolute Gasteiger partial charge is 0.258 e. The number of aromatic amines is 1. The van der Waals surface area contributed by atoms with Crippen LogP contribution in [0, 0.1) is 0 Å². The molecule has 0 fully saturated rings. The maximum absolute atomic E-state index is 12.3. The fourth-order valence-electron chi connectivity index (χ4n) is 2.89. The standard InChI is InChI=1S/C17H15N3OS/c21-16-13(9-12-3-1-2-4-14(12)19-16)17-20-15(10-22-17)11-5-7-18-8-6-11/h5-10H,1-4H2,(H,19,21). The van der Waals surface area contributed by atoms with E-state index in [-0.39, 0.29) is 5.56 Å². The highest BCUT2D eigenvalue weighted by atomic mass is 32.1. The fourth-order valence-corrected chi connectivity index (χ4v) is 3.73. The van der Waals surface area contributed by atoms with Crippen LogP contribution >= 0.6 is 11.3 Å². The van der Waals surface area contributed by atoms with E-state index in [4.69, 9.17) is 0 Å². The molecule has 0 spiro atoms. The predicted molar refractivity (Wildman–Crippen MR) is 88.0 cm³/mol. The minimum atomic E-state index is -0.0312. The van der Waals surface area contributed by atoms with Crippen molar-refractivity contribution in [2.45, 2.75) is 25.7 Å². The molecule has 3 aromatic heterocycles. The summed E-state index contributed by atoms with van der Waals surface area (Å²) in [6.45, 7) is 0. The average Bonchev–Trinajstić information content (AvgIpc) is 3.05. The van der Waals surface area contributed by atoms with Crippen molar-refractivity contribution in [3.63, 3.8) is 0 Å². The Hall–Kier alpha value is -2.27. The maximum Gasteiger partial charge on any atom is 0.258 e. The molecule has 22 heavy (non-hydrogen) atoms. The first kappa shape index (κ1) is 13.4. The summed E-state index contributed by atoms with van der Waals surface area (Å²) in [5, 5.41) is 2.77. The summed E-state index contributed by atoms with van der Waals surface area (Å²) in [4.78, 5) is 24.0. The molecule has 0 bridgehead atoms. The van der Waals surface area contributed by atoms with E-state index in [0.29, 0.717) is 5.56 Å². The lowest BCUT2D eigenvalue weighted by Gasteiger charge is -2.15. The van der Waals surface area contributed by atoms with Crippen LogP contribution in [-0.4, -0.2) is 15.0 Å². The maximum atomic E-state index is 12.3. The third kappa shape index (κ3) is 2.37. The van der Waals surface area contributed by atoms with E-state index in [1.165, 1.54) is 23.3 Å². The van der Waals surface area contributed by atoms with Gasteiger partial charge in [0.15, 0.2) is 0 Å². The van der Waals surface area contributed by atoms with Gasteiger partial charge in [0, 0.05) is 29.0 Å². The summed E-state index contributed by atoms with van der Waals surface area (Å²) in [6.07, 6.45) is 7.87. The number of aromatic nitrogens is 3. The number of thiazole rings is 1. The molecule has 0 saturated carbocycles. The third-order valence-electron chi connectivity index (χ3n) is 4.05. The number of nitrogens with zero attached hydrogens (tertiary/aromatic N) is 2. The first-order chi connectivity index (χ1) is 10.8. The largest absolute Gasteiger partial charge is 0.325 e. The van der Waals surface area contributed by atoms with E-state index in [1.54, 1.807) is 12.4 Å². The predicted octanol–water partition coefficient (Wildman–Crippen LogP) is 3.44. The normalized spacial score (nSPS) is 13.8. The van der Waals surface area contributed by atoms with E-state index >= 15 is 0 Å². The van der Waals surface area contributed by atoms with Crippen LogP contribution in [0.4, 0.5) is 0 Å². The van der Waals surface area contributed by atoms with Crippen molar-refractivity contribution in [1.82, 2.24) is 15.0 Å². The van der Waals surface area contributed by atoms with Crippen LogP contribution < -0.4 is 5.56 Å². The van der Waals surface area contributed by atoms with Crippen LogP contribution in [0.2, 0.25) is 0 Å². The highest BCUT2D eigenvalue weighted by molar-refractivity contribution is 7.13. The van der Waals surface area contributed by atoms with E-state index in [9.17, 15) is 4.79 Å². The molecular formula is C17H15N3OS. The van der Waals surface area contributed by atoms with Gasteiger partial charge in [0.05, 0.1) is 11.3 Å². The highest BCUT2D eigenvalue weighted by Crippen LogP contribution is 2.28. The van der Waals surface area contributed by atoms with Crippen LogP contribution in [0.15, 0.2) is 40.8 Å². The van der Waals surface area contributed by atoms with Crippen molar-refractivity contribution in [3.05, 3.63) is 57.6 Å². The Morgan fingerprint density at radius 2 is 1.95 bits per heavy atom. The Morgan fingerprint density at radius 3 is 2.82 bits per heavy atom. The van der Waals surface area contributed by atoms with Crippen molar-refractivity contribution < 1.29 is 0 Å². The lowest BCUT2D eigenvalue weighted by molar-refractivity contribution is 0.666. The SMILES string of the molecule is O=c1[nH]c2c(cc1-c1nc(-c3ccncc3)cs1)CCCC2. The minimum Gasteiger partial charge on any atom is -0.325 e. The summed E-state index contributed by atoms with van der Waals surface area (Å²) in [7, 11) is 0. The molecular weight excluding hydrogens is 294 g/mol. The summed E-state index contributed by atoms with van der Waals surface area (Å²) >= 11 is 1.51. The fraction of sp³-hybridized carbons (Fsp3) is 0.235. The zero-order valence-electron chi connectivity index (χ0n) is 12.0. The quantitative estimate of drug-likeness (QED) is 0.789. The van der Waals surface area contributed by atoms with Crippen molar-refractivity contribution >= 4 is 11.3 Å². The molecule has 1 N–H and O–H groups in total. The second-order valence-electron chi connectivity index (χ2n) is 5.50. The molecule has 3 aromatic rings. The molecule has 1 aliphatic rings. The lowest BCUT2D eigenvalue weighted by atomic mass is 9.95. The van der Waals surface area contributed by atoms with E-state index in [1.807, 2.05) is 23.6 Å². The number of H-pyrrole nitrogens is 1. The van der Waals surface area contributed by atoms with Crippen LogP contribution in [0.5, 0.6) is 0 Å². The molecule has 0 aliphatic heterocycles. The highest BCUT2D eigenvalue weighted by Gasteiger charge is 2.16. The molecule has 5 heteroatoms. The van der Waals surface area contributed by atoms with Crippen molar-refractivity contribution in [1.29, 1.82) is 0 Å². The first-order valence-electron chi connectivity index (χ1n) is 7.42. The van der Waals surface area contributed by atoms with E-state index in [2.05, 4.69) is 15.0 Å². The Bertz CT molecular complexity index is 867. The topological polar surface area (TPSA) is 58.6 Å². The zero-order valence-corrected chi connectivity index (χ0v) is 12.8. The van der Waals surface area contributed by atoms with Crippen LogP contribution in [0.25, 0.3) is 21.8 Å². The molecule has 0 radical (unpaired) electrons. The van der Waals surface area contributed by atoms with E-state index < -0.39 is 0 Å². The van der Waals surface area contributed by atoms with Crippen LogP contribution in [-0.2, 0) is 12.8 Å². The van der Waals surface area contributed by atoms with Gasteiger partial charge in [-0.15, -0.1) is 11.3 Å². The number of hydrogen-bond acceptors (Lipinski definition) is 4. The Labute approximate surface area is 131 Å².